The maximum absolute atomic E-state index is 11.4. The number of aliphatic hydroxyl groups is 7. The summed E-state index contributed by atoms with van der Waals surface area (Å²) in [4.78, 5) is 11.4. The number of aliphatic hydroxyl groups excluding tert-OH is 6. The Labute approximate surface area is 177 Å². The van der Waals surface area contributed by atoms with Gasteiger partial charge in [0.2, 0.25) is 5.79 Å². The van der Waals surface area contributed by atoms with Crippen molar-refractivity contribution in [1.82, 2.24) is 5.32 Å². The van der Waals surface area contributed by atoms with Crippen LogP contribution in [0.15, 0.2) is 0 Å². The molecule has 0 aromatic rings. The standard InChI is InChI=1S/C18H31NO12/c20-4-10-11(22)12(23)13(24)17(30-10)31-14-9(21)5-29-18(28,15(14)25)6-19-8(16(26)27)3-7-1-2-7/h7-15,17,19-25,28H,1-6H2,(H,26,27)/t8-,9+,10+,11-,12-,13+,14+,15-,17-,18-/m0/s1. The van der Waals surface area contributed by atoms with Gasteiger partial charge in [0.1, 0.15) is 48.8 Å². The van der Waals surface area contributed by atoms with Crippen LogP contribution in [-0.2, 0) is 19.0 Å². The summed E-state index contributed by atoms with van der Waals surface area (Å²) in [6, 6.07) is -0.969. The van der Waals surface area contributed by atoms with Gasteiger partial charge in [-0.25, -0.2) is 0 Å². The molecular weight excluding hydrogens is 422 g/mol. The molecule has 10 atom stereocenters. The summed E-state index contributed by atoms with van der Waals surface area (Å²) in [5.41, 5.74) is 0. The summed E-state index contributed by atoms with van der Waals surface area (Å²) in [7, 11) is 0. The zero-order chi connectivity index (χ0) is 22.9. The molecule has 1 aliphatic carbocycles. The SMILES string of the molecule is O=C(O)[C@H](CC1CC1)NC[C@]1(O)OC[C@@H](O)[C@@H](O[C@@H]2O[C@H](CO)[C@H](O)[C@H](O)[C@H]2O)[C@@H]1O. The van der Waals surface area contributed by atoms with E-state index in [2.05, 4.69) is 5.32 Å². The molecule has 1 saturated carbocycles. The van der Waals surface area contributed by atoms with E-state index in [1.807, 2.05) is 0 Å². The highest BCUT2D eigenvalue weighted by molar-refractivity contribution is 5.73. The summed E-state index contributed by atoms with van der Waals surface area (Å²) >= 11 is 0. The molecule has 0 unspecified atom stereocenters. The van der Waals surface area contributed by atoms with Gasteiger partial charge in [0.05, 0.1) is 19.8 Å². The fraction of sp³-hybridized carbons (Fsp3) is 0.944. The number of carboxylic acids is 1. The maximum atomic E-state index is 11.4. The number of nitrogens with one attached hydrogen (secondary N) is 1. The summed E-state index contributed by atoms with van der Waals surface area (Å²) in [5, 5.41) is 82.6. The molecule has 3 rings (SSSR count). The fourth-order valence-electron chi connectivity index (χ4n) is 3.76. The van der Waals surface area contributed by atoms with Gasteiger partial charge in [-0.1, -0.05) is 12.8 Å². The van der Waals surface area contributed by atoms with Crippen LogP contribution in [-0.4, -0.2) is 127 Å². The Morgan fingerprint density at radius 1 is 1.13 bits per heavy atom. The first-order valence-electron chi connectivity index (χ1n) is 10.2. The number of rotatable bonds is 9. The van der Waals surface area contributed by atoms with Gasteiger partial charge in [0.25, 0.3) is 0 Å². The zero-order valence-electron chi connectivity index (χ0n) is 16.7. The lowest BCUT2D eigenvalue weighted by Gasteiger charge is -2.47. The van der Waals surface area contributed by atoms with Crippen LogP contribution < -0.4 is 5.32 Å². The molecule has 180 valence electrons. The molecule has 13 nitrogen and oxygen atoms in total. The Morgan fingerprint density at radius 3 is 2.39 bits per heavy atom. The highest BCUT2D eigenvalue weighted by Gasteiger charge is 2.53. The largest absolute Gasteiger partial charge is 0.480 e. The quantitative estimate of drug-likeness (QED) is 0.161. The van der Waals surface area contributed by atoms with E-state index in [1.54, 1.807) is 0 Å². The fourth-order valence-corrected chi connectivity index (χ4v) is 3.76. The van der Waals surface area contributed by atoms with Gasteiger partial charge in [-0.05, 0) is 12.3 Å². The van der Waals surface area contributed by atoms with E-state index < -0.39 is 86.6 Å². The third-order valence-corrected chi connectivity index (χ3v) is 5.96. The topological polar surface area (TPSA) is 219 Å². The predicted octanol–water partition coefficient (Wildman–Crippen LogP) is -4.54. The van der Waals surface area contributed by atoms with Crippen molar-refractivity contribution < 1.29 is 59.9 Å². The van der Waals surface area contributed by atoms with Crippen molar-refractivity contribution in [1.29, 1.82) is 0 Å². The number of carbonyl (C=O) groups is 1. The normalized spacial score (nSPS) is 44.7. The molecule has 13 heteroatoms. The summed E-state index contributed by atoms with van der Waals surface area (Å²) in [5.74, 6) is -3.16. The van der Waals surface area contributed by atoms with Gasteiger partial charge in [-0.15, -0.1) is 0 Å². The lowest BCUT2D eigenvalue weighted by atomic mass is 9.95. The van der Waals surface area contributed by atoms with E-state index in [9.17, 15) is 45.6 Å². The molecule has 0 radical (unpaired) electrons. The molecular formula is C18H31NO12. The summed E-state index contributed by atoms with van der Waals surface area (Å²) in [6.07, 6.45) is -10.8. The van der Waals surface area contributed by atoms with Crippen molar-refractivity contribution in [2.24, 2.45) is 5.92 Å². The van der Waals surface area contributed by atoms with Crippen molar-refractivity contribution in [2.75, 3.05) is 19.8 Å². The number of hydrogen-bond acceptors (Lipinski definition) is 12. The van der Waals surface area contributed by atoms with Crippen LogP contribution in [0.1, 0.15) is 19.3 Å². The number of ether oxygens (including phenoxy) is 3. The first-order chi connectivity index (χ1) is 14.6. The van der Waals surface area contributed by atoms with Crippen molar-refractivity contribution in [3.05, 3.63) is 0 Å². The maximum Gasteiger partial charge on any atom is 0.320 e. The molecule has 2 heterocycles. The molecule has 2 saturated heterocycles. The van der Waals surface area contributed by atoms with Crippen LogP contribution in [0.5, 0.6) is 0 Å². The highest BCUT2D eigenvalue weighted by Crippen LogP contribution is 2.34. The zero-order valence-corrected chi connectivity index (χ0v) is 16.7. The Balaban J connectivity index is 1.65. The van der Waals surface area contributed by atoms with Gasteiger partial charge in [0, 0.05) is 0 Å². The van der Waals surface area contributed by atoms with Gasteiger partial charge < -0.3 is 55.1 Å². The Kier molecular flexibility index (Phi) is 7.87. The van der Waals surface area contributed by atoms with Crippen molar-refractivity contribution in [2.45, 2.75) is 80.1 Å². The van der Waals surface area contributed by atoms with Gasteiger partial charge in [-0.3, -0.25) is 10.1 Å². The average Bonchev–Trinajstić information content (AvgIpc) is 3.55. The van der Waals surface area contributed by atoms with E-state index in [0.717, 1.165) is 12.8 Å². The molecule has 0 spiro atoms. The predicted molar refractivity (Wildman–Crippen MR) is 98.3 cm³/mol. The first kappa shape index (κ1) is 24.7. The highest BCUT2D eigenvalue weighted by atomic mass is 16.7. The lowest BCUT2D eigenvalue weighted by molar-refractivity contribution is -0.367. The molecule has 3 aliphatic rings. The van der Waals surface area contributed by atoms with E-state index in [0.29, 0.717) is 6.42 Å². The second-order valence-corrected chi connectivity index (χ2v) is 8.42. The minimum absolute atomic E-state index is 0.282. The van der Waals surface area contributed by atoms with Crippen molar-refractivity contribution in [3.63, 3.8) is 0 Å². The van der Waals surface area contributed by atoms with Crippen LogP contribution in [0.2, 0.25) is 0 Å². The molecule has 9 N–H and O–H groups in total. The molecule has 31 heavy (non-hydrogen) atoms. The minimum Gasteiger partial charge on any atom is -0.480 e. The Hall–Kier alpha value is -0.970. The number of carboxylic acid groups (broad SMARTS) is 1. The third-order valence-electron chi connectivity index (χ3n) is 5.96. The van der Waals surface area contributed by atoms with Crippen LogP contribution in [0.25, 0.3) is 0 Å². The minimum atomic E-state index is -2.32. The second-order valence-electron chi connectivity index (χ2n) is 8.42. The monoisotopic (exact) mass is 453 g/mol. The molecule has 0 aromatic heterocycles. The average molecular weight is 453 g/mol. The molecule has 0 bridgehead atoms. The van der Waals surface area contributed by atoms with E-state index >= 15 is 0 Å². The van der Waals surface area contributed by atoms with Crippen LogP contribution in [0.3, 0.4) is 0 Å². The third kappa shape index (κ3) is 5.51. The molecule has 0 amide bonds. The van der Waals surface area contributed by atoms with Crippen LogP contribution >= 0.6 is 0 Å². The second kappa shape index (κ2) is 9.89. The van der Waals surface area contributed by atoms with Gasteiger partial charge in [-0.2, -0.15) is 0 Å². The first-order valence-corrected chi connectivity index (χ1v) is 10.2. The van der Waals surface area contributed by atoms with E-state index in [1.165, 1.54) is 0 Å². The van der Waals surface area contributed by atoms with E-state index in [4.69, 9.17) is 14.2 Å². The van der Waals surface area contributed by atoms with Crippen LogP contribution in [0, 0.1) is 5.92 Å². The van der Waals surface area contributed by atoms with Gasteiger partial charge in [0.15, 0.2) is 6.29 Å². The molecule has 0 aromatic carbocycles. The van der Waals surface area contributed by atoms with Crippen LogP contribution in [0.4, 0.5) is 0 Å². The van der Waals surface area contributed by atoms with Crippen molar-refractivity contribution >= 4 is 5.97 Å². The molecule has 3 fully saturated rings. The number of hydrogen-bond donors (Lipinski definition) is 9. The Bertz CT molecular complexity index is 618. The van der Waals surface area contributed by atoms with Crippen molar-refractivity contribution in [3.8, 4) is 0 Å². The molecule has 2 aliphatic heterocycles. The summed E-state index contributed by atoms with van der Waals surface area (Å²) in [6.45, 7) is -1.67. The van der Waals surface area contributed by atoms with Gasteiger partial charge >= 0.3 is 5.97 Å². The van der Waals surface area contributed by atoms with E-state index in [-0.39, 0.29) is 5.92 Å². The smallest absolute Gasteiger partial charge is 0.320 e. The number of aliphatic carboxylic acids is 1. The summed E-state index contributed by atoms with van der Waals surface area (Å²) < 4.78 is 15.8. The lowest BCUT2D eigenvalue weighted by Crippen LogP contribution is -2.68. The Morgan fingerprint density at radius 2 is 1.81 bits per heavy atom.